The SMILES string of the molecule is CCOP(C)(=O)OCC(NC)C(=O)O. The highest BCUT2D eigenvalue weighted by Gasteiger charge is 2.22. The van der Waals surface area contributed by atoms with Gasteiger partial charge in [0.2, 0.25) is 0 Å². The third-order valence-corrected chi connectivity index (χ3v) is 2.83. The Hall–Kier alpha value is -0.420. The fourth-order valence-corrected chi connectivity index (χ4v) is 1.72. The average Bonchev–Trinajstić information content (AvgIpc) is 2.04. The first-order valence-corrected chi connectivity index (χ1v) is 6.18. The Bertz CT molecular complexity index is 232. The molecule has 2 atom stereocenters. The lowest BCUT2D eigenvalue weighted by Gasteiger charge is -2.16. The summed E-state index contributed by atoms with van der Waals surface area (Å²) < 4.78 is 21.1. The third-order valence-electron chi connectivity index (χ3n) is 1.49. The van der Waals surface area contributed by atoms with Gasteiger partial charge in [-0.2, -0.15) is 0 Å². The number of hydrogen-bond donors (Lipinski definition) is 2. The second-order valence-electron chi connectivity index (χ2n) is 2.66. The van der Waals surface area contributed by atoms with Crippen LogP contribution >= 0.6 is 7.60 Å². The monoisotopic (exact) mass is 225 g/mol. The van der Waals surface area contributed by atoms with Crippen LogP contribution in [0.5, 0.6) is 0 Å². The molecule has 84 valence electrons. The lowest BCUT2D eigenvalue weighted by atomic mass is 10.3. The van der Waals surface area contributed by atoms with Crippen LogP contribution in [0, 0.1) is 0 Å². The summed E-state index contributed by atoms with van der Waals surface area (Å²) in [6.07, 6.45) is 0. The van der Waals surface area contributed by atoms with Gasteiger partial charge in [-0.15, -0.1) is 0 Å². The van der Waals surface area contributed by atoms with Crippen LogP contribution in [0.3, 0.4) is 0 Å². The number of likely N-dealkylation sites (N-methyl/N-ethyl adjacent to an activating group) is 1. The number of aliphatic carboxylic acids is 1. The van der Waals surface area contributed by atoms with E-state index >= 15 is 0 Å². The van der Waals surface area contributed by atoms with E-state index in [4.69, 9.17) is 14.2 Å². The predicted octanol–water partition coefficient (Wildman–Crippen LogP) is 0.535. The van der Waals surface area contributed by atoms with Crippen LogP contribution in [0.4, 0.5) is 0 Å². The smallest absolute Gasteiger partial charge is 0.327 e. The predicted molar refractivity (Wildman–Crippen MR) is 51.6 cm³/mol. The molecule has 7 heteroatoms. The average molecular weight is 225 g/mol. The quantitative estimate of drug-likeness (QED) is 0.615. The van der Waals surface area contributed by atoms with E-state index in [1.165, 1.54) is 13.7 Å². The first-order chi connectivity index (χ1) is 6.43. The van der Waals surface area contributed by atoms with Crippen molar-refractivity contribution in [1.82, 2.24) is 5.32 Å². The van der Waals surface area contributed by atoms with Gasteiger partial charge in [-0.05, 0) is 14.0 Å². The number of rotatable bonds is 7. The molecule has 0 saturated carbocycles. The fourth-order valence-electron chi connectivity index (χ4n) is 0.760. The van der Waals surface area contributed by atoms with Gasteiger partial charge in [0.05, 0.1) is 13.2 Å². The van der Waals surface area contributed by atoms with Crippen LogP contribution in [0.25, 0.3) is 0 Å². The van der Waals surface area contributed by atoms with E-state index in [1.807, 2.05) is 0 Å². The molecule has 0 heterocycles. The molecule has 0 amide bonds. The summed E-state index contributed by atoms with van der Waals surface area (Å²) in [6.45, 7) is 3.09. The largest absolute Gasteiger partial charge is 0.480 e. The molecule has 2 N–H and O–H groups in total. The molecule has 0 aliphatic heterocycles. The number of hydrogen-bond acceptors (Lipinski definition) is 5. The van der Waals surface area contributed by atoms with E-state index in [2.05, 4.69) is 5.32 Å². The number of carboxylic acids is 1. The molecular formula is C7H16NO5P. The highest BCUT2D eigenvalue weighted by molar-refractivity contribution is 7.52. The Kier molecular flexibility index (Phi) is 5.95. The van der Waals surface area contributed by atoms with Crippen molar-refractivity contribution < 1.29 is 23.5 Å². The molecule has 0 aliphatic carbocycles. The van der Waals surface area contributed by atoms with Gasteiger partial charge in [0, 0.05) is 6.66 Å². The normalized spacial score (nSPS) is 17.4. The lowest BCUT2D eigenvalue weighted by molar-refractivity contribution is -0.140. The maximum Gasteiger partial charge on any atom is 0.327 e. The maximum atomic E-state index is 11.4. The molecule has 0 aliphatic rings. The number of carbonyl (C=O) groups is 1. The molecule has 0 rings (SSSR count). The topological polar surface area (TPSA) is 84.9 Å². The molecule has 0 aromatic heterocycles. The molecule has 0 aromatic rings. The third kappa shape index (κ3) is 5.34. The molecule has 0 radical (unpaired) electrons. The summed E-state index contributed by atoms with van der Waals surface area (Å²) in [4.78, 5) is 10.5. The fraction of sp³-hybridized carbons (Fsp3) is 0.857. The summed E-state index contributed by atoms with van der Waals surface area (Å²) in [7, 11) is -1.61. The highest BCUT2D eigenvalue weighted by Crippen LogP contribution is 2.43. The lowest BCUT2D eigenvalue weighted by Crippen LogP contribution is -2.37. The Morgan fingerprint density at radius 3 is 2.50 bits per heavy atom. The van der Waals surface area contributed by atoms with Gasteiger partial charge in [-0.25, -0.2) is 0 Å². The second-order valence-corrected chi connectivity index (χ2v) is 4.72. The van der Waals surface area contributed by atoms with Crippen molar-refractivity contribution >= 4 is 13.6 Å². The van der Waals surface area contributed by atoms with Crippen molar-refractivity contribution in [3.63, 3.8) is 0 Å². The maximum absolute atomic E-state index is 11.4. The molecule has 0 saturated heterocycles. The molecule has 14 heavy (non-hydrogen) atoms. The molecular weight excluding hydrogens is 209 g/mol. The molecule has 0 fully saturated rings. The summed E-state index contributed by atoms with van der Waals surface area (Å²) in [5, 5.41) is 11.1. The molecule has 2 unspecified atom stereocenters. The van der Waals surface area contributed by atoms with Crippen molar-refractivity contribution in [2.45, 2.75) is 13.0 Å². The van der Waals surface area contributed by atoms with E-state index in [1.54, 1.807) is 6.92 Å². The first-order valence-electron chi connectivity index (χ1n) is 4.19. The highest BCUT2D eigenvalue weighted by atomic mass is 31.2. The molecule has 0 spiro atoms. The Morgan fingerprint density at radius 2 is 2.14 bits per heavy atom. The summed E-state index contributed by atoms with van der Waals surface area (Å²) in [5.41, 5.74) is 0. The van der Waals surface area contributed by atoms with Crippen LogP contribution in [-0.4, -0.2) is 44.0 Å². The summed E-state index contributed by atoms with van der Waals surface area (Å²) in [5.74, 6) is -1.05. The van der Waals surface area contributed by atoms with E-state index < -0.39 is 19.6 Å². The second kappa shape index (κ2) is 6.14. The zero-order valence-electron chi connectivity index (χ0n) is 8.52. The van der Waals surface area contributed by atoms with Gasteiger partial charge in [-0.1, -0.05) is 0 Å². The van der Waals surface area contributed by atoms with Crippen molar-refractivity contribution in [2.75, 3.05) is 26.9 Å². The van der Waals surface area contributed by atoms with Crippen LogP contribution in [0.15, 0.2) is 0 Å². The van der Waals surface area contributed by atoms with Crippen LogP contribution in [0.1, 0.15) is 6.92 Å². The van der Waals surface area contributed by atoms with Crippen molar-refractivity contribution in [1.29, 1.82) is 0 Å². The number of nitrogens with one attached hydrogen (secondary N) is 1. The molecule has 0 aromatic carbocycles. The standard InChI is InChI=1S/C7H16NO5P/c1-4-12-14(3,11)13-5-6(8-2)7(9)10/h6,8H,4-5H2,1-3H3,(H,9,10). The van der Waals surface area contributed by atoms with Gasteiger partial charge in [0.1, 0.15) is 6.04 Å². The molecule has 6 nitrogen and oxygen atoms in total. The summed E-state index contributed by atoms with van der Waals surface area (Å²) >= 11 is 0. The Balaban J connectivity index is 4.02. The Morgan fingerprint density at radius 1 is 1.57 bits per heavy atom. The van der Waals surface area contributed by atoms with Gasteiger partial charge < -0.3 is 19.5 Å². The summed E-state index contributed by atoms with van der Waals surface area (Å²) in [6, 6.07) is -0.872. The zero-order chi connectivity index (χ0) is 11.2. The van der Waals surface area contributed by atoms with E-state index in [9.17, 15) is 9.36 Å². The van der Waals surface area contributed by atoms with Crippen molar-refractivity contribution in [3.8, 4) is 0 Å². The first kappa shape index (κ1) is 13.6. The van der Waals surface area contributed by atoms with Crippen molar-refractivity contribution in [3.05, 3.63) is 0 Å². The molecule has 0 bridgehead atoms. The number of carboxylic acid groups (broad SMARTS) is 1. The van der Waals surface area contributed by atoms with Gasteiger partial charge in [-0.3, -0.25) is 9.36 Å². The van der Waals surface area contributed by atoms with Crippen LogP contribution in [0.2, 0.25) is 0 Å². The van der Waals surface area contributed by atoms with Crippen LogP contribution in [-0.2, 0) is 18.4 Å². The van der Waals surface area contributed by atoms with Gasteiger partial charge >= 0.3 is 13.6 Å². The van der Waals surface area contributed by atoms with E-state index in [0.29, 0.717) is 0 Å². The van der Waals surface area contributed by atoms with E-state index in [0.717, 1.165) is 0 Å². The van der Waals surface area contributed by atoms with Gasteiger partial charge in [0.25, 0.3) is 0 Å². The van der Waals surface area contributed by atoms with E-state index in [-0.39, 0.29) is 13.2 Å². The van der Waals surface area contributed by atoms with Gasteiger partial charge in [0.15, 0.2) is 0 Å². The Labute approximate surface area is 83.1 Å². The van der Waals surface area contributed by atoms with Crippen molar-refractivity contribution in [2.24, 2.45) is 0 Å². The zero-order valence-corrected chi connectivity index (χ0v) is 9.41. The minimum Gasteiger partial charge on any atom is -0.480 e. The minimum atomic E-state index is -3.10. The van der Waals surface area contributed by atoms with Crippen LogP contribution < -0.4 is 5.32 Å². The minimum absolute atomic E-state index is 0.181.